The van der Waals surface area contributed by atoms with Gasteiger partial charge in [0.1, 0.15) is 0 Å². The molecule has 1 aromatic heterocycles. The number of hydrogen-bond acceptors (Lipinski definition) is 4. The van der Waals surface area contributed by atoms with Gasteiger partial charge < -0.3 is 4.52 Å². The SMILES string of the molecule is CC1CCC(c2noc(-c3ccccc3CC#N)n2)C1. The molecule has 2 aromatic rings. The molecule has 1 fully saturated rings. The lowest BCUT2D eigenvalue weighted by Crippen LogP contribution is -1.96. The average molecular weight is 267 g/mol. The standard InChI is InChI=1S/C16H17N3O/c1-11-6-7-13(10-11)15-18-16(20-19-15)14-5-3-2-4-12(14)8-9-17/h2-5,11,13H,6-8,10H2,1H3. The zero-order valence-electron chi connectivity index (χ0n) is 11.5. The zero-order valence-corrected chi connectivity index (χ0v) is 11.5. The van der Waals surface area contributed by atoms with E-state index in [2.05, 4.69) is 23.1 Å². The number of aromatic nitrogens is 2. The van der Waals surface area contributed by atoms with E-state index in [0.29, 0.717) is 18.2 Å². The van der Waals surface area contributed by atoms with Crippen LogP contribution in [0.25, 0.3) is 11.5 Å². The van der Waals surface area contributed by atoms with E-state index >= 15 is 0 Å². The zero-order chi connectivity index (χ0) is 13.9. The van der Waals surface area contributed by atoms with Crippen LogP contribution in [0.1, 0.15) is 43.5 Å². The Morgan fingerprint density at radius 1 is 1.35 bits per heavy atom. The van der Waals surface area contributed by atoms with E-state index in [1.165, 1.54) is 6.42 Å². The maximum Gasteiger partial charge on any atom is 0.258 e. The van der Waals surface area contributed by atoms with Crippen LogP contribution in [0.5, 0.6) is 0 Å². The van der Waals surface area contributed by atoms with Gasteiger partial charge in [-0.3, -0.25) is 0 Å². The van der Waals surface area contributed by atoms with E-state index in [4.69, 9.17) is 9.78 Å². The molecule has 1 aliphatic rings. The van der Waals surface area contributed by atoms with Crippen molar-refractivity contribution in [2.24, 2.45) is 5.92 Å². The van der Waals surface area contributed by atoms with Gasteiger partial charge in [0.2, 0.25) is 0 Å². The summed E-state index contributed by atoms with van der Waals surface area (Å²) >= 11 is 0. The Balaban J connectivity index is 1.89. The first-order valence-electron chi connectivity index (χ1n) is 7.06. The predicted octanol–water partition coefficient (Wildman–Crippen LogP) is 3.71. The lowest BCUT2D eigenvalue weighted by Gasteiger charge is -2.02. The van der Waals surface area contributed by atoms with E-state index in [0.717, 1.165) is 35.7 Å². The topological polar surface area (TPSA) is 62.7 Å². The molecule has 0 radical (unpaired) electrons. The molecule has 3 rings (SSSR count). The van der Waals surface area contributed by atoms with Gasteiger partial charge in [0.05, 0.1) is 12.5 Å². The molecule has 0 saturated heterocycles. The third-order valence-electron chi connectivity index (χ3n) is 4.02. The molecule has 20 heavy (non-hydrogen) atoms. The number of nitrogens with zero attached hydrogens (tertiary/aromatic N) is 3. The molecule has 0 bridgehead atoms. The van der Waals surface area contributed by atoms with Gasteiger partial charge in [-0.2, -0.15) is 10.2 Å². The minimum Gasteiger partial charge on any atom is -0.334 e. The third-order valence-corrected chi connectivity index (χ3v) is 4.02. The summed E-state index contributed by atoms with van der Waals surface area (Å²) in [5.41, 5.74) is 1.81. The lowest BCUT2D eigenvalue weighted by molar-refractivity contribution is 0.414. The molecule has 1 saturated carbocycles. The highest BCUT2D eigenvalue weighted by molar-refractivity contribution is 5.59. The number of nitriles is 1. The van der Waals surface area contributed by atoms with Crippen molar-refractivity contribution in [1.29, 1.82) is 5.26 Å². The van der Waals surface area contributed by atoms with E-state index in [9.17, 15) is 0 Å². The van der Waals surface area contributed by atoms with Crippen molar-refractivity contribution in [3.63, 3.8) is 0 Å². The molecule has 4 heteroatoms. The Hall–Kier alpha value is -2.15. The number of hydrogen-bond donors (Lipinski definition) is 0. The van der Waals surface area contributed by atoms with Crippen molar-refractivity contribution in [3.8, 4) is 17.5 Å². The van der Waals surface area contributed by atoms with Gasteiger partial charge in [-0.25, -0.2) is 0 Å². The normalized spacial score (nSPS) is 21.8. The van der Waals surface area contributed by atoms with Crippen LogP contribution in [0.15, 0.2) is 28.8 Å². The monoisotopic (exact) mass is 267 g/mol. The first kappa shape index (κ1) is 12.9. The van der Waals surface area contributed by atoms with Gasteiger partial charge in [0, 0.05) is 11.5 Å². The summed E-state index contributed by atoms with van der Waals surface area (Å²) in [6.45, 7) is 2.27. The number of benzene rings is 1. The lowest BCUT2D eigenvalue weighted by atomic mass is 10.0. The fourth-order valence-corrected chi connectivity index (χ4v) is 2.92. The van der Waals surface area contributed by atoms with Crippen LogP contribution < -0.4 is 0 Å². The highest BCUT2D eigenvalue weighted by Gasteiger charge is 2.27. The van der Waals surface area contributed by atoms with Crippen LogP contribution in [0.4, 0.5) is 0 Å². The summed E-state index contributed by atoms with van der Waals surface area (Å²) in [6, 6.07) is 9.89. The molecule has 1 aromatic carbocycles. The maximum absolute atomic E-state index is 8.88. The van der Waals surface area contributed by atoms with Gasteiger partial charge in [-0.05, 0) is 36.8 Å². The minimum absolute atomic E-state index is 0.356. The van der Waals surface area contributed by atoms with Gasteiger partial charge in [-0.15, -0.1) is 0 Å². The highest BCUT2D eigenvalue weighted by atomic mass is 16.5. The molecule has 0 spiro atoms. The van der Waals surface area contributed by atoms with Crippen molar-refractivity contribution in [3.05, 3.63) is 35.7 Å². The second kappa shape index (κ2) is 5.46. The summed E-state index contributed by atoms with van der Waals surface area (Å²) < 4.78 is 5.41. The molecule has 4 nitrogen and oxygen atoms in total. The number of rotatable bonds is 3. The largest absolute Gasteiger partial charge is 0.334 e. The van der Waals surface area contributed by atoms with Crippen LogP contribution >= 0.6 is 0 Å². The Morgan fingerprint density at radius 2 is 2.20 bits per heavy atom. The van der Waals surface area contributed by atoms with Crippen molar-refractivity contribution in [2.75, 3.05) is 0 Å². The summed E-state index contributed by atoms with van der Waals surface area (Å²) in [5.74, 6) is 2.51. The van der Waals surface area contributed by atoms with Crippen LogP contribution in [-0.2, 0) is 6.42 Å². The quantitative estimate of drug-likeness (QED) is 0.850. The maximum atomic E-state index is 8.88. The molecule has 1 aliphatic carbocycles. The molecule has 1 heterocycles. The van der Waals surface area contributed by atoms with Gasteiger partial charge in [-0.1, -0.05) is 30.3 Å². The highest BCUT2D eigenvalue weighted by Crippen LogP contribution is 2.37. The van der Waals surface area contributed by atoms with E-state index in [1.807, 2.05) is 24.3 Å². The van der Waals surface area contributed by atoms with Crippen LogP contribution in [-0.4, -0.2) is 10.1 Å². The van der Waals surface area contributed by atoms with Crippen LogP contribution in [0.2, 0.25) is 0 Å². The Kier molecular flexibility index (Phi) is 3.51. The average Bonchev–Trinajstić information content (AvgIpc) is 3.08. The smallest absolute Gasteiger partial charge is 0.258 e. The molecule has 102 valence electrons. The second-order valence-corrected chi connectivity index (χ2v) is 5.56. The minimum atomic E-state index is 0.356. The van der Waals surface area contributed by atoms with E-state index < -0.39 is 0 Å². The summed E-state index contributed by atoms with van der Waals surface area (Å²) in [4.78, 5) is 4.55. The summed E-state index contributed by atoms with van der Waals surface area (Å²) in [6.07, 6.45) is 3.87. The Bertz CT molecular complexity index is 641. The molecule has 0 amide bonds. The molecular formula is C16H17N3O. The van der Waals surface area contributed by atoms with Gasteiger partial charge in [0.25, 0.3) is 5.89 Å². The second-order valence-electron chi connectivity index (χ2n) is 5.56. The van der Waals surface area contributed by atoms with Crippen LogP contribution in [0.3, 0.4) is 0 Å². The Labute approximate surface area is 118 Å². The molecule has 0 N–H and O–H groups in total. The molecule has 2 unspecified atom stereocenters. The van der Waals surface area contributed by atoms with Crippen molar-refractivity contribution in [1.82, 2.24) is 10.1 Å². The molecular weight excluding hydrogens is 250 g/mol. The fourth-order valence-electron chi connectivity index (χ4n) is 2.92. The predicted molar refractivity (Wildman–Crippen MR) is 74.8 cm³/mol. The van der Waals surface area contributed by atoms with Gasteiger partial charge >= 0.3 is 0 Å². The van der Waals surface area contributed by atoms with Crippen molar-refractivity contribution >= 4 is 0 Å². The molecule has 2 atom stereocenters. The Morgan fingerprint density at radius 3 is 2.95 bits per heavy atom. The summed E-state index contributed by atoms with van der Waals surface area (Å²) in [7, 11) is 0. The first-order chi connectivity index (χ1) is 9.78. The van der Waals surface area contributed by atoms with Gasteiger partial charge in [0.15, 0.2) is 5.82 Å². The first-order valence-corrected chi connectivity index (χ1v) is 7.06. The van der Waals surface area contributed by atoms with E-state index in [-0.39, 0.29) is 0 Å². The summed E-state index contributed by atoms with van der Waals surface area (Å²) in [5, 5.41) is 13.0. The third kappa shape index (κ3) is 2.44. The van der Waals surface area contributed by atoms with Crippen LogP contribution in [0, 0.1) is 17.2 Å². The van der Waals surface area contributed by atoms with E-state index in [1.54, 1.807) is 0 Å². The fraction of sp³-hybridized carbons (Fsp3) is 0.438. The van der Waals surface area contributed by atoms with Crippen molar-refractivity contribution < 1.29 is 4.52 Å². The van der Waals surface area contributed by atoms with Crippen molar-refractivity contribution in [2.45, 2.75) is 38.5 Å². The molecule has 0 aliphatic heterocycles.